The third kappa shape index (κ3) is 4.39. The smallest absolute Gasteiger partial charge is 0.138 e. The molecule has 1 aromatic carbocycles. The van der Waals surface area contributed by atoms with Crippen molar-refractivity contribution in [3.05, 3.63) is 41.4 Å². The van der Waals surface area contributed by atoms with E-state index in [0.717, 1.165) is 30.9 Å². The fourth-order valence-corrected chi connectivity index (χ4v) is 2.32. The first kappa shape index (κ1) is 15.7. The number of hydrogen-bond acceptors (Lipinski definition) is 3. The molecule has 0 aliphatic carbocycles. The maximum Gasteiger partial charge on any atom is 0.138 e. The van der Waals surface area contributed by atoms with Gasteiger partial charge in [0, 0.05) is 18.4 Å². The lowest BCUT2D eigenvalue weighted by Crippen LogP contribution is -2.08. The van der Waals surface area contributed by atoms with Gasteiger partial charge in [-0.1, -0.05) is 18.5 Å². The van der Waals surface area contributed by atoms with Gasteiger partial charge in [0.2, 0.25) is 0 Å². The first-order chi connectivity index (χ1) is 10.1. The van der Waals surface area contributed by atoms with Gasteiger partial charge < -0.3 is 14.6 Å². The molecule has 4 nitrogen and oxygen atoms in total. The molecule has 0 fully saturated rings. The Morgan fingerprint density at radius 1 is 1.38 bits per heavy atom. The van der Waals surface area contributed by atoms with Gasteiger partial charge in [-0.15, -0.1) is 0 Å². The molecule has 1 aromatic heterocycles. The van der Waals surface area contributed by atoms with Crippen LogP contribution in [-0.4, -0.2) is 15.7 Å². The number of ether oxygens (including phenoxy) is 1. The molecule has 1 heterocycles. The molecule has 0 spiro atoms. The average Bonchev–Trinajstić information content (AvgIpc) is 2.87. The second-order valence-corrected chi connectivity index (χ2v) is 5.65. The Morgan fingerprint density at radius 2 is 2.19 bits per heavy atom. The van der Waals surface area contributed by atoms with Crippen LogP contribution in [0.2, 0.25) is 5.02 Å². The molecule has 0 amide bonds. The minimum absolute atomic E-state index is 0.115. The van der Waals surface area contributed by atoms with Crippen molar-refractivity contribution in [2.45, 2.75) is 46.4 Å². The van der Waals surface area contributed by atoms with Crippen molar-refractivity contribution >= 4 is 17.3 Å². The van der Waals surface area contributed by atoms with Crippen LogP contribution in [0.15, 0.2) is 30.7 Å². The Kier molecular flexibility index (Phi) is 5.51. The fraction of sp³-hybridized carbons (Fsp3) is 0.438. The number of nitrogens with one attached hydrogen (secondary N) is 1. The normalized spacial score (nSPS) is 10.9. The van der Waals surface area contributed by atoms with Crippen LogP contribution in [-0.2, 0) is 13.1 Å². The molecule has 0 aliphatic rings. The van der Waals surface area contributed by atoms with E-state index in [0.29, 0.717) is 10.8 Å². The molecular formula is C16H22ClN3O. The van der Waals surface area contributed by atoms with E-state index < -0.39 is 0 Å². The van der Waals surface area contributed by atoms with Gasteiger partial charge in [-0.05, 0) is 38.5 Å². The predicted molar refractivity (Wildman–Crippen MR) is 87.1 cm³/mol. The van der Waals surface area contributed by atoms with Crippen LogP contribution in [0.4, 0.5) is 5.69 Å². The van der Waals surface area contributed by atoms with E-state index in [-0.39, 0.29) is 6.10 Å². The summed E-state index contributed by atoms with van der Waals surface area (Å²) in [7, 11) is 0. The predicted octanol–water partition coefficient (Wildman–Crippen LogP) is 4.35. The third-order valence-corrected chi connectivity index (χ3v) is 3.33. The van der Waals surface area contributed by atoms with Gasteiger partial charge in [-0.25, -0.2) is 4.98 Å². The second-order valence-electron chi connectivity index (χ2n) is 5.24. The summed E-state index contributed by atoms with van der Waals surface area (Å²) in [6, 6.07) is 5.76. The summed E-state index contributed by atoms with van der Waals surface area (Å²) in [6.45, 7) is 7.83. The number of aryl methyl sites for hydroxylation is 1. The molecule has 1 N–H and O–H groups in total. The van der Waals surface area contributed by atoms with Crippen LogP contribution < -0.4 is 10.1 Å². The van der Waals surface area contributed by atoms with Crippen LogP contribution in [0.5, 0.6) is 5.75 Å². The Labute approximate surface area is 131 Å². The van der Waals surface area contributed by atoms with Crippen LogP contribution >= 0.6 is 11.6 Å². The van der Waals surface area contributed by atoms with Gasteiger partial charge in [0.15, 0.2) is 0 Å². The van der Waals surface area contributed by atoms with Gasteiger partial charge in [-0.3, -0.25) is 0 Å². The van der Waals surface area contributed by atoms with Crippen LogP contribution in [0.25, 0.3) is 0 Å². The van der Waals surface area contributed by atoms with Gasteiger partial charge in [0.25, 0.3) is 0 Å². The summed E-state index contributed by atoms with van der Waals surface area (Å²) < 4.78 is 7.79. The zero-order valence-corrected chi connectivity index (χ0v) is 13.5. The van der Waals surface area contributed by atoms with Crippen LogP contribution in [0, 0.1) is 0 Å². The maximum absolute atomic E-state index is 6.23. The van der Waals surface area contributed by atoms with Crippen LogP contribution in [0.3, 0.4) is 0 Å². The molecule has 2 aromatic rings. The zero-order valence-electron chi connectivity index (χ0n) is 12.8. The molecule has 21 heavy (non-hydrogen) atoms. The topological polar surface area (TPSA) is 39.1 Å². The number of benzene rings is 1. The lowest BCUT2D eigenvalue weighted by atomic mass is 10.3. The van der Waals surface area contributed by atoms with Gasteiger partial charge in [0.1, 0.15) is 5.75 Å². The fourth-order valence-electron chi connectivity index (χ4n) is 2.09. The van der Waals surface area contributed by atoms with Crippen LogP contribution in [0.1, 0.15) is 32.9 Å². The molecule has 0 saturated heterocycles. The molecule has 2 rings (SSSR count). The highest BCUT2D eigenvalue weighted by atomic mass is 35.5. The SMILES string of the molecule is CCCn1cncc1CNc1ccc(OC(C)C)c(Cl)c1. The van der Waals surface area contributed by atoms with Crippen molar-refractivity contribution in [3.63, 3.8) is 0 Å². The number of imidazole rings is 1. The number of nitrogens with zero attached hydrogens (tertiary/aromatic N) is 2. The number of aromatic nitrogens is 2. The van der Waals surface area contributed by atoms with Gasteiger partial charge in [0.05, 0.1) is 29.7 Å². The van der Waals surface area contributed by atoms with E-state index >= 15 is 0 Å². The minimum atomic E-state index is 0.115. The summed E-state index contributed by atoms with van der Waals surface area (Å²) in [4.78, 5) is 4.19. The highest BCUT2D eigenvalue weighted by Crippen LogP contribution is 2.28. The molecule has 0 aliphatic heterocycles. The number of halogens is 1. The monoisotopic (exact) mass is 307 g/mol. The first-order valence-electron chi connectivity index (χ1n) is 7.29. The third-order valence-electron chi connectivity index (χ3n) is 3.03. The Hall–Kier alpha value is -1.68. The summed E-state index contributed by atoms with van der Waals surface area (Å²) >= 11 is 6.23. The van der Waals surface area contributed by atoms with Crippen molar-refractivity contribution in [2.75, 3.05) is 5.32 Å². The van der Waals surface area contributed by atoms with Crippen molar-refractivity contribution in [2.24, 2.45) is 0 Å². The number of rotatable bonds is 7. The lowest BCUT2D eigenvalue weighted by molar-refractivity contribution is 0.242. The van der Waals surface area contributed by atoms with Gasteiger partial charge >= 0.3 is 0 Å². The van der Waals surface area contributed by atoms with E-state index in [1.807, 2.05) is 44.6 Å². The second kappa shape index (κ2) is 7.36. The highest BCUT2D eigenvalue weighted by molar-refractivity contribution is 6.32. The van der Waals surface area contributed by atoms with E-state index in [1.54, 1.807) is 0 Å². The zero-order chi connectivity index (χ0) is 15.2. The molecule has 114 valence electrons. The van der Waals surface area contributed by atoms with Crippen molar-refractivity contribution in [1.29, 1.82) is 0 Å². The van der Waals surface area contributed by atoms with Crippen molar-refractivity contribution < 1.29 is 4.74 Å². The summed E-state index contributed by atoms with van der Waals surface area (Å²) in [5.41, 5.74) is 2.14. The minimum Gasteiger partial charge on any atom is -0.489 e. The quantitative estimate of drug-likeness (QED) is 0.826. The first-order valence-corrected chi connectivity index (χ1v) is 7.67. The Balaban J connectivity index is 2.00. The standard InChI is InChI=1S/C16H22ClN3O/c1-4-7-20-11-18-9-14(20)10-19-13-5-6-16(15(17)8-13)21-12(2)3/h5-6,8-9,11-12,19H,4,7,10H2,1-3H3. The molecule has 0 unspecified atom stereocenters. The molecule has 0 bridgehead atoms. The maximum atomic E-state index is 6.23. The number of anilines is 1. The molecule has 5 heteroatoms. The average molecular weight is 308 g/mol. The lowest BCUT2D eigenvalue weighted by Gasteiger charge is -2.13. The molecule has 0 saturated carbocycles. The largest absolute Gasteiger partial charge is 0.489 e. The van der Waals surface area contributed by atoms with E-state index in [4.69, 9.17) is 16.3 Å². The van der Waals surface area contributed by atoms with Gasteiger partial charge in [-0.2, -0.15) is 0 Å². The van der Waals surface area contributed by atoms with E-state index in [1.165, 1.54) is 0 Å². The molecular weight excluding hydrogens is 286 g/mol. The van der Waals surface area contributed by atoms with Crippen molar-refractivity contribution in [1.82, 2.24) is 9.55 Å². The summed E-state index contributed by atoms with van der Waals surface area (Å²) in [5.74, 6) is 0.716. The highest BCUT2D eigenvalue weighted by Gasteiger charge is 2.06. The number of hydrogen-bond donors (Lipinski definition) is 1. The summed E-state index contributed by atoms with van der Waals surface area (Å²) in [5, 5.41) is 3.99. The molecule has 0 atom stereocenters. The molecule has 0 radical (unpaired) electrons. The van der Waals surface area contributed by atoms with Crippen molar-refractivity contribution in [3.8, 4) is 5.75 Å². The Bertz CT molecular complexity index is 581. The van der Waals surface area contributed by atoms with E-state index in [9.17, 15) is 0 Å². The summed E-state index contributed by atoms with van der Waals surface area (Å²) in [6.07, 6.45) is 4.97. The Morgan fingerprint density at radius 3 is 2.86 bits per heavy atom. The van der Waals surface area contributed by atoms with E-state index in [2.05, 4.69) is 21.8 Å².